The van der Waals surface area contributed by atoms with Crippen molar-refractivity contribution < 1.29 is 8.78 Å². The Morgan fingerprint density at radius 2 is 1.67 bits per heavy atom. The van der Waals surface area contributed by atoms with E-state index in [4.69, 9.17) is 0 Å². The minimum absolute atomic E-state index is 0.197. The van der Waals surface area contributed by atoms with E-state index in [-0.39, 0.29) is 6.04 Å². The van der Waals surface area contributed by atoms with E-state index < -0.39 is 11.6 Å². The van der Waals surface area contributed by atoms with Crippen molar-refractivity contribution in [2.45, 2.75) is 32.7 Å². The lowest BCUT2D eigenvalue weighted by Gasteiger charge is -2.20. The zero-order valence-electron chi connectivity index (χ0n) is 12.5. The Bertz CT molecular complexity index is 575. The van der Waals surface area contributed by atoms with Crippen LogP contribution < -0.4 is 5.32 Å². The van der Waals surface area contributed by atoms with Gasteiger partial charge in [0.15, 0.2) is 0 Å². The van der Waals surface area contributed by atoms with Gasteiger partial charge in [0.2, 0.25) is 0 Å². The maximum Gasteiger partial charge on any atom is 0.126 e. The van der Waals surface area contributed by atoms with Gasteiger partial charge in [0.05, 0.1) is 6.04 Å². The fourth-order valence-electron chi connectivity index (χ4n) is 2.59. The fourth-order valence-corrected chi connectivity index (χ4v) is 2.59. The molecule has 1 unspecified atom stereocenters. The predicted octanol–water partition coefficient (Wildman–Crippen LogP) is 4.62. The van der Waals surface area contributed by atoms with Crippen LogP contribution in [-0.4, -0.2) is 6.54 Å². The molecule has 0 aromatic heterocycles. The molecule has 0 bridgehead atoms. The van der Waals surface area contributed by atoms with Crippen molar-refractivity contribution >= 4 is 0 Å². The molecule has 1 atom stereocenters. The van der Waals surface area contributed by atoms with E-state index in [1.54, 1.807) is 0 Å². The van der Waals surface area contributed by atoms with Crippen LogP contribution in [0.15, 0.2) is 42.5 Å². The highest BCUT2D eigenvalue weighted by Crippen LogP contribution is 2.24. The Balaban J connectivity index is 2.40. The molecule has 0 aliphatic heterocycles. The van der Waals surface area contributed by atoms with Crippen LogP contribution in [0.5, 0.6) is 0 Å². The highest BCUT2D eigenvalue weighted by molar-refractivity contribution is 5.35. The smallest absolute Gasteiger partial charge is 0.126 e. The van der Waals surface area contributed by atoms with Crippen molar-refractivity contribution in [2.24, 2.45) is 0 Å². The molecule has 3 heteroatoms. The van der Waals surface area contributed by atoms with E-state index in [1.807, 2.05) is 19.1 Å². The van der Waals surface area contributed by atoms with Gasteiger partial charge in [-0.05, 0) is 41.8 Å². The Labute approximate surface area is 125 Å². The van der Waals surface area contributed by atoms with Gasteiger partial charge in [0.1, 0.15) is 11.6 Å². The summed E-state index contributed by atoms with van der Waals surface area (Å²) in [6.45, 7) is 4.84. The van der Waals surface area contributed by atoms with Gasteiger partial charge < -0.3 is 5.32 Å². The first-order chi connectivity index (χ1) is 10.1. The molecule has 0 saturated carbocycles. The third-order valence-corrected chi connectivity index (χ3v) is 3.45. The molecule has 1 nitrogen and oxygen atoms in total. The van der Waals surface area contributed by atoms with Crippen LogP contribution in [0.2, 0.25) is 0 Å². The minimum Gasteiger partial charge on any atom is -0.307 e. The SMILES string of the molecule is CCCc1cccc(C(NCC)c2cc(F)cc(F)c2)c1. The monoisotopic (exact) mass is 289 g/mol. The number of benzene rings is 2. The average Bonchev–Trinajstić information content (AvgIpc) is 2.44. The van der Waals surface area contributed by atoms with Gasteiger partial charge in [-0.1, -0.05) is 44.5 Å². The Morgan fingerprint density at radius 1 is 0.952 bits per heavy atom. The van der Waals surface area contributed by atoms with Crippen molar-refractivity contribution in [2.75, 3.05) is 6.54 Å². The first-order valence-electron chi connectivity index (χ1n) is 7.42. The molecule has 1 N–H and O–H groups in total. The molecule has 112 valence electrons. The third kappa shape index (κ3) is 4.11. The molecule has 0 amide bonds. The maximum absolute atomic E-state index is 13.5. The van der Waals surface area contributed by atoms with Crippen molar-refractivity contribution in [3.05, 3.63) is 70.8 Å². The first kappa shape index (κ1) is 15.6. The van der Waals surface area contributed by atoms with E-state index in [2.05, 4.69) is 24.4 Å². The van der Waals surface area contributed by atoms with Crippen LogP contribution in [0.3, 0.4) is 0 Å². The van der Waals surface area contributed by atoms with Gasteiger partial charge in [-0.25, -0.2) is 8.78 Å². The van der Waals surface area contributed by atoms with Crippen LogP contribution >= 0.6 is 0 Å². The fraction of sp³-hybridized carbons (Fsp3) is 0.333. The summed E-state index contributed by atoms with van der Waals surface area (Å²) in [6.07, 6.45) is 2.08. The van der Waals surface area contributed by atoms with Crippen LogP contribution in [0, 0.1) is 11.6 Å². The second-order valence-corrected chi connectivity index (χ2v) is 5.19. The van der Waals surface area contributed by atoms with Gasteiger partial charge in [0, 0.05) is 6.07 Å². The van der Waals surface area contributed by atoms with E-state index >= 15 is 0 Å². The number of rotatable bonds is 6. The summed E-state index contributed by atoms with van der Waals surface area (Å²) >= 11 is 0. The van der Waals surface area contributed by atoms with Gasteiger partial charge in [-0.2, -0.15) is 0 Å². The quantitative estimate of drug-likeness (QED) is 0.818. The van der Waals surface area contributed by atoms with Crippen LogP contribution in [-0.2, 0) is 6.42 Å². The number of nitrogens with one attached hydrogen (secondary N) is 1. The Morgan fingerprint density at radius 3 is 2.29 bits per heavy atom. The van der Waals surface area contributed by atoms with Crippen molar-refractivity contribution in [1.29, 1.82) is 0 Å². The van der Waals surface area contributed by atoms with Crippen molar-refractivity contribution in [3.63, 3.8) is 0 Å². The maximum atomic E-state index is 13.5. The Kier molecular flexibility index (Phi) is 5.45. The number of halogens is 2. The zero-order valence-corrected chi connectivity index (χ0v) is 12.5. The van der Waals surface area contributed by atoms with E-state index in [0.717, 1.165) is 31.0 Å². The molecule has 0 saturated heterocycles. The van der Waals surface area contributed by atoms with Crippen LogP contribution in [0.25, 0.3) is 0 Å². The zero-order chi connectivity index (χ0) is 15.2. The lowest BCUT2D eigenvalue weighted by Crippen LogP contribution is -2.22. The lowest BCUT2D eigenvalue weighted by atomic mass is 9.96. The summed E-state index contributed by atoms with van der Waals surface area (Å²) < 4.78 is 27.0. The van der Waals surface area contributed by atoms with Crippen LogP contribution in [0.4, 0.5) is 8.78 Å². The summed E-state index contributed by atoms with van der Waals surface area (Å²) in [4.78, 5) is 0. The first-order valence-corrected chi connectivity index (χ1v) is 7.42. The van der Waals surface area contributed by atoms with Gasteiger partial charge >= 0.3 is 0 Å². The number of hydrogen-bond acceptors (Lipinski definition) is 1. The molecular formula is C18H21F2N. The second kappa shape index (κ2) is 7.32. The van der Waals surface area contributed by atoms with Crippen molar-refractivity contribution in [3.8, 4) is 0 Å². The lowest BCUT2D eigenvalue weighted by molar-refractivity contribution is 0.565. The topological polar surface area (TPSA) is 12.0 Å². The van der Waals surface area contributed by atoms with E-state index in [9.17, 15) is 8.78 Å². The molecule has 0 aliphatic carbocycles. The number of aryl methyl sites for hydroxylation is 1. The molecule has 2 rings (SSSR count). The largest absolute Gasteiger partial charge is 0.307 e. The molecule has 2 aromatic rings. The van der Waals surface area contributed by atoms with Crippen molar-refractivity contribution in [1.82, 2.24) is 5.32 Å². The highest BCUT2D eigenvalue weighted by atomic mass is 19.1. The standard InChI is InChI=1S/C18H21F2N/c1-3-6-13-7-5-8-14(9-13)18(21-4-2)15-10-16(19)12-17(20)11-15/h5,7-12,18,21H,3-4,6H2,1-2H3. The summed E-state index contributed by atoms with van der Waals surface area (Å²) in [5.74, 6) is -1.09. The highest BCUT2D eigenvalue weighted by Gasteiger charge is 2.15. The molecule has 21 heavy (non-hydrogen) atoms. The molecule has 0 heterocycles. The number of hydrogen-bond donors (Lipinski definition) is 1. The summed E-state index contributed by atoms with van der Waals surface area (Å²) in [6, 6.07) is 11.7. The summed E-state index contributed by atoms with van der Waals surface area (Å²) in [5, 5.41) is 3.31. The van der Waals surface area contributed by atoms with E-state index in [0.29, 0.717) is 5.56 Å². The molecule has 0 aliphatic rings. The minimum atomic E-state index is -0.544. The second-order valence-electron chi connectivity index (χ2n) is 5.19. The van der Waals surface area contributed by atoms with Gasteiger partial charge in [0.25, 0.3) is 0 Å². The van der Waals surface area contributed by atoms with E-state index in [1.165, 1.54) is 17.7 Å². The molecular weight excluding hydrogens is 268 g/mol. The predicted molar refractivity (Wildman–Crippen MR) is 82.3 cm³/mol. The van der Waals surface area contributed by atoms with Gasteiger partial charge in [-0.15, -0.1) is 0 Å². The van der Waals surface area contributed by atoms with Gasteiger partial charge in [-0.3, -0.25) is 0 Å². The van der Waals surface area contributed by atoms with Crippen LogP contribution in [0.1, 0.15) is 43.0 Å². The normalized spacial score (nSPS) is 12.4. The third-order valence-electron chi connectivity index (χ3n) is 3.45. The molecule has 0 fully saturated rings. The Hall–Kier alpha value is -1.74. The molecule has 2 aromatic carbocycles. The summed E-state index contributed by atoms with van der Waals surface area (Å²) in [5.41, 5.74) is 2.89. The summed E-state index contributed by atoms with van der Waals surface area (Å²) in [7, 11) is 0. The average molecular weight is 289 g/mol. The molecule has 0 radical (unpaired) electrons. The molecule has 0 spiro atoms.